The van der Waals surface area contributed by atoms with E-state index in [0.717, 1.165) is 33.3 Å². The number of fused-ring (bicyclic) bond motifs is 1. The van der Waals surface area contributed by atoms with E-state index in [4.69, 9.17) is 0 Å². The predicted octanol–water partition coefficient (Wildman–Crippen LogP) is 4.37. The third-order valence-electron chi connectivity index (χ3n) is 7.18. The number of anilines is 1. The van der Waals surface area contributed by atoms with Crippen LogP contribution in [0.2, 0.25) is 0 Å². The van der Waals surface area contributed by atoms with Crippen molar-refractivity contribution in [2.45, 2.75) is 19.5 Å². The fourth-order valence-electron chi connectivity index (χ4n) is 4.85. The molecule has 0 aliphatic heterocycles. The van der Waals surface area contributed by atoms with E-state index in [1.54, 1.807) is 49.3 Å². The Bertz CT molecular complexity index is 1960. The number of hydrogen-bond acceptors (Lipinski definition) is 6. The van der Waals surface area contributed by atoms with E-state index >= 15 is 0 Å². The summed E-state index contributed by atoms with van der Waals surface area (Å²) in [7, 11) is 1.68. The number of rotatable bonds is 8. The number of likely N-dealkylation sites (N-methyl/N-ethyl adjacent to an activating group) is 1. The molecule has 1 unspecified atom stereocenters. The number of hydrogen-bond donors (Lipinski definition) is 3. The lowest BCUT2D eigenvalue weighted by Gasteiger charge is -2.17. The molecule has 11 heteroatoms. The van der Waals surface area contributed by atoms with Gasteiger partial charge < -0.3 is 19.8 Å². The number of amides is 1. The molecule has 6 rings (SSSR count). The van der Waals surface area contributed by atoms with Gasteiger partial charge in [0.15, 0.2) is 0 Å². The maximum Gasteiger partial charge on any atom is 0.275 e. The van der Waals surface area contributed by atoms with E-state index in [0.29, 0.717) is 11.4 Å². The number of H-pyrrole nitrogens is 1. The fraction of sp³-hybridized carbons (Fsp3) is 0.129. The second-order valence-electron chi connectivity index (χ2n) is 9.90. The largest absolute Gasteiger partial charge is 0.320 e. The minimum atomic E-state index is -0.484. The molecule has 0 aliphatic rings. The minimum absolute atomic E-state index is 0.168. The highest BCUT2D eigenvalue weighted by molar-refractivity contribution is 5.94. The van der Waals surface area contributed by atoms with E-state index < -0.39 is 6.04 Å². The van der Waals surface area contributed by atoms with E-state index in [1.165, 1.54) is 12.1 Å². The Morgan fingerprint density at radius 3 is 2.71 bits per heavy atom. The quantitative estimate of drug-likeness (QED) is 0.253. The summed E-state index contributed by atoms with van der Waals surface area (Å²) in [5.74, 6) is -0.621. The number of halogens is 1. The van der Waals surface area contributed by atoms with Gasteiger partial charge in [0.25, 0.3) is 5.56 Å². The number of pyridine rings is 2. The molecule has 1 atom stereocenters. The first kappa shape index (κ1) is 26.8. The summed E-state index contributed by atoms with van der Waals surface area (Å²) in [5, 5.41) is 17.0. The van der Waals surface area contributed by atoms with Crippen molar-refractivity contribution in [1.82, 2.24) is 34.8 Å². The molecule has 0 fully saturated rings. The van der Waals surface area contributed by atoms with Crippen LogP contribution in [-0.4, -0.2) is 48.5 Å². The van der Waals surface area contributed by atoms with Crippen molar-refractivity contribution < 1.29 is 9.18 Å². The van der Waals surface area contributed by atoms with Crippen LogP contribution < -0.4 is 16.2 Å². The molecule has 4 aromatic heterocycles. The highest BCUT2D eigenvalue weighted by Gasteiger charge is 2.17. The van der Waals surface area contributed by atoms with Crippen molar-refractivity contribution in [3.05, 3.63) is 113 Å². The molecule has 0 aliphatic carbocycles. The SMILES string of the molecule is CNC(C)C(=O)Nc1ccc(-c2cccc(-c3c[nH]nn3)c2)n(Cc2cncc(-n3ccc4cc(F)ccc43)c2)c1=O. The molecule has 210 valence electrons. The van der Waals surface area contributed by atoms with Crippen LogP contribution >= 0.6 is 0 Å². The van der Waals surface area contributed by atoms with Gasteiger partial charge in [-0.25, -0.2) is 4.39 Å². The molecule has 1 amide bonds. The van der Waals surface area contributed by atoms with Crippen molar-refractivity contribution in [1.29, 1.82) is 0 Å². The number of nitrogens with zero attached hydrogens (tertiary/aromatic N) is 5. The van der Waals surface area contributed by atoms with Gasteiger partial charge in [-0.15, -0.1) is 5.10 Å². The van der Waals surface area contributed by atoms with Gasteiger partial charge in [-0.3, -0.25) is 19.7 Å². The first-order valence-corrected chi connectivity index (χ1v) is 13.3. The van der Waals surface area contributed by atoms with Crippen LogP contribution in [0.5, 0.6) is 0 Å². The Kier molecular flexibility index (Phi) is 7.16. The van der Waals surface area contributed by atoms with Gasteiger partial charge in [-0.05, 0) is 73.6 Å². The lowest BCUT2D eigenvalue weighted by atomic mass is 10.0. The Morgan fingerprint density at radius 2 is 1.90 bits per heavy atom. The van der Waals surface area contributed by atoms with Crippen LogP contribution in [0.15, 0.2) is 96.3 Å². The van der Waals surface area contributed by atoms with Crippen molar-refractivity contribution in [2.75, 3.05) is 12.4 Å². The minimum Gasteiger partial charge on any atom is -0.320 e. The van der Waals surface area contributed by atoms with Crippen LogP contribution in [0.3, 0.4) is 0 Å². The molecule has 4 heterocycles. The third kappa shape index (κ3) is 5.20. The molecule has 0 spiro atoms. The average Bonchev–Trinajstić information content (AvgIpc) is 3.69. The summed E-state index contributed by atoms with van der Waals surface area (Å²) < 4.78 is 17.3. The van der Waals surface area contributed by atoms with Crippen LogP contribution in [0.1, 0.15) is 12.5 Å². The Hall–Kier alpha value is -5.42. The van der Waals surface area contributed by atoms with Crippen LogP contribution in [-0.2, 0) is 11.3 Å². The van der Waals surface area contributed by atoms with Crippen LogP contribution in [0.4, 0.5) is 10.1 Å². The topological polar surface area (TPSA) is 123 Å². The average molecular weight is 563 g/mol. The summed E-state index contributed by atoms with van der Waals surface area (Å²) >= 11 is 0. The third-order valence-corrected chi connectivity index (χ3v) is 7.18. The molecule has 0 bridgehead atoms. The number of carbonyl (C=O) groups excluding carboxylic acids is 1. The van der Waals surface area contributed by atoms with Crippen molar-refractivity contribution >= 4 is 22.5 Å². The van der Waals surface area contributed by atoms with Crippen molar-refractivity contribution in [3.63, 3.8) is 0 Å². The molecular weight excluding hydrogens is 535 g/mol. The zero-order valence-electron chi connectivity index (χ0n) is 22.9. The Balaban J connectivity index is 1.43. The van der Waals surface area contributed by atoms with Crippen LogP contribution in [0, 0.1) is 5.82 Å². The number of aromatic nitrogens is 6. The van der Waals surface area contributed by atoms with E-state index in [9.17, 15) is 14.0 Å². The second kappa shape index (κ2) is 11.2. The zero-order chi connectivity index (χ0) is 29.2. The summed E-state index contributed by atoms with van der Waals surface area (Å²) in [4.78, 5) is 31.0. The first-order chi connectivity index (χ1) is 20.4. The number of benzene rings is 2. The standard InChI is InChI=1S/C31H27FN8O2/c1-19(33-2)30(41)36-26-7-9-29(22-5-3-4-21(13-22)27-17-35-38-37-27)40(31(26)42)18-20-12-25(16-34-15-20)39-11-10-23-14-24(32)6-8-28(23)39/h3-17,19,33H,18H2,1-2H3,(H,36,41)(H,35,37,38). The molecule has 2 aromatic carbocycles. The first-order valence-electron chi connectivity index (χ1n) is 13.3. The summed E-state index contributed by atoms with van der Waals surface area (Å²) in [6.45, 7) is 1.90. The smallest absolute Gasteiger partial charge is 0.275 e. The maximum atomic E-state index is 13.9. The Labute approximate surface area is 239 Å². The number of carbonyl (C=O) groups is 1. The van der Waals surface area contributed by atoms with Gasteiger partial charge in [0, 0.05) is 29.5 Å². The highest BCUT2D eigenvalue weighted by Crippen LogP contribution is 2.26. The second-order valence-corrected chi connectivity index (χ2v) is 9.90. The molecule has 0 saturated carbocycles. The van der Waals surface area contributed by atoms with Gasteiger partial charge in [0.05, 0.1) is 35.7 Å². The molecule has 3 N–H and O–H groups in total. The van der Waals surface area contributed by atoms with Crippen molar-refractivity contribution in [3.8, 4) is 28.2 Å². The number of aromatic amines is 1. The molecule has 42 heavy (non-hydrogen) atoms. The predicted molar refractivity (Wildman–Crippen MR) is 159 cm³/mol. The van der Waals surface area contributed by atoms with E-state index in [2.05, 4.69) is 31.0 Å². The van der Waals surface area contributed by atoms with Gasteiger partial charge in [0.2, 0.25) is 5.91 Å². The summed E-state index contributed by atoms with van der Waals surface area (Å²) in [6.07, 6.45) is 6.97. The fourth-order valence-corrected chi connectivity index (χ4v) is 4.85. The van der Waals surface area contributed by atoms with Gasteiger partial charge in [0.1, 0.15) is 17.2 Å². The lowest BCUT2D eigenvalue weighted by molar-refractivity contribution is -0.117. The lowest BCUT2D eigenvalue weighted by Crippen LogP contribution is -2.37. The monoisotopic (exact) mass is 562 g/mol. The summed E-state index contributed by atoms with van der Waals surface area (Å²) in [5.41, 5.74) is 5.12. The van der Waals surface area contributed by atoms with Gasteiger partial charge in [-0.2, -0.15) is 0 Å². The molecular formula is C31H27FN8O2. The number of nitrogens with one attached hydrogen (secondary N) is 3. The van der Waals surface area contributed by atoms with Crippen LogP contribution in [0.25, 0.3) is 39.1 Å². The molecule has 10 nitrogen and oxygen atoms in total. The molecule has 0 saturated heterocycles. The van der Waals surface area contributed by atoms with Gasteiger partial charge >= 0.3 is 0 Å². The van der Waals surface area contributed by atoms with Crippen molar-refractivity contribution in [2.24, 2.45) is 0 Å². The molecule has 6 aromatic rings. The normalized spacial score (nSPS) is 12.0. The maximum absolute atomic E-state index is 13.9. The summed E-state index contributed by atoms with van der Waals surface area (Å²) in [6, 6.07) is 19.0. The van der Waals surface area contributed by atoms with E-state index in [1.807, 2.05) is 53.2 Å². The Morgan fingerprint density at radius 1 is 1.05 bits per heavy atom. The van der Waals surface area contributed by atoms with E-state index in [-0.39, 0.29) is 29.5 Å². The molecule has 0 radical (unpaired) electrons. The highest BCUT2D eigenvalue weighted by atomic mass is 19.1. The van der Waals surface area contributed by atoms with Gasteiger partial charge in [-0.1, -0.05) is 23.4 Å². The zero-order valence-corrected chi connectivity index (χ0v) is 22.9.